The van der Waals surface area contributed by atoms with Gasteiger partial charge in [0.2, 0.25) is 0 Å². The average molecular weight is 253 g/mol. The molecule has 0 aliphatic heterocycles. The van der Waals surface area contributed by atoms with E-state index < -0.39 is 0 Å². The minimum Gasteiger partial charge on any atom is -0.326 e. The summed E-state index contributed by atoms with van der Waals surface area (Å²) in [6.07, 6.45) is 4.73. The molecule has 2 N–H and O–H groups in total. The van der Waals surface area contributed by atoms with E-state index in [1.54, 1.807) is 0 Å². The maximum absolute atomic E-state index is 5.62. The van der Waals surface area contributed by atoms with Gasteiger partial charge in [-0.05, 0) is 43.7 Å². The molecule has 0 fully saturated rings. The molecular weight excluding hydrogens is 234 g/mol. The molecule has 1 aromatic heterocycles. The van der Waals surface area contributed by atoms with Crippen molar-refractivity contribution in [3.8, 4) is 11.4 Å². The van der Waals surface area contributed by atoms with E-state index in [-0.39, 0.29) is 0 Å². The van der Waals surface area contributed by atoms with Crippen LogP contribution in [0.15, 0.2) is 24.3 Å². The molecule has 1 aliphatic rings. The third-order valence-corrected chi connectivity index (χ3v) is 3.84. The van der Waals surface area contributed by atoms with Crippen molar-refractivity contribution in [2.75, 3.05) is 0 Å². The van der Waals surface area contributed by atoms with E-state index in [9.17, 15) is 0 Å². The van der Waals surface area contributed by atoms with Crippen LogP contribution in [0.1, 0.15) is 35.4 Å². The maximum Gasteiger partial charge on any atom is 0.159 e. The first-order valence-corrected chi connectivity index (χ1v) is 6.93. The zero-order valence-electron chi connectivity index (χ0n) is 11.3. The molecular formula is C16H19N3. The summed E-state index contributed by atoms with van der Waals surface area (Å²) >= 11 is 0. The largest absolute Gasteiger partial charge is 0.326 e. The van der Waals surface area contributed by atoms with Gasteiger partial charge in [-0.25, -0.2) is 9.97 Å². The zero-order valence-corrected chi connectivity index (χ0v) is 11.3. The van der Waals surface area contributed by atoms with Gasteiger partial charge in [0, 0.05) is 23.5 Å². The van der Waals surface area contributed by atoms with Crippen LogP contribution in [0.4, 0.5) is 0 Å². The van der Waals surface area contributed by atoms with Crippen molar-refractivity contribution in [3.05, 3.63) is 46.8 Å². The van der Waals surface area contributed by atoms with Gasteiger partial charge in [0.05, 0.1) is 0 Å². The first-order valence-electron chi connectivity index (χ1n) is 6.93. The summed E-state index contributed by atoms with van der Waals surface area (Å²) < 4.78 is 0. The number of nitrogens with two attached hydrogens (primary N) is 1. The molecule has 1 aromatic carbocycles. The SMILES string of the molecule is Cc1nc(-c2ccc(CN)cc2)nc2c1CCCC2. The van der Waals surface area contributed by atoms with Crippen molar-refractivity contribution in [1.82, 2.24) is 9.97 Å². The molecule has 0 spiro atoms. The second-order valence-electron chi connectivity index (χ2n) is 5.17. The summed E-state index contributed by atoms with van der Waals surface area (Å²) in [6, 6.07) is 8.22. The minimum atomic E-state index is 0.574. The molecule has 3 nitrogen and oxygen atoms in total. The number of rotatable bonds is 2. The first-order chi connectivity index (χ1) is 9.28. The number of hydrogen-bond donors (Lipinski definition) is 1. The molecule has 0 unspecified atom stereocenters. The van der Waals surface area contributed by atoms with Crippen LogP contribution in [-0.4, -0.2) is 9.97 Å². The highest BCUT2D eigenvalue weighted by Gasteiger charge is 2.15. The van der Waals surface area contributed by atoms with E-state index in [0.717, 1.165) is 35.5 Å². The van der Waals surface area contributed by atoms with Gasteiger partial charge in [0.1, 0.15) is 0 Å². The Morgan fingerprint density at radius 2 is 1.79 bits per heavy atom. The monoisotopic (exact) mass is 253 g/mol. The quantitative estimate of drug-likeness (QED) is 0.895. The van der Waals surface area contributed by atoms with Crippen molar-refractivity contribution < 1.29 is 0 Å². The second kappa shape index (κ2) is 5.10. The fourth-order valence-corrected chi connectivity index (χ4v) is 2.70. The molecule has 3 rings (SSSR count). The van der Waals surface area contributed by atoms with Gasteiger partial charge in [-0.15, -0.1) is 0 Å². The molecule has 0 bridgehead atoms. The Kier molecular flexibility index (Phi) is 3.30. The van der Waals surface area contributed by atoms with Crippen LogP contribution in [-0.2, 0) is 19.4 Å². The predicted octanol–water partition coefficient (Wildman–Crippen LogP) is 2.79. The Morgan fingerprint density at radius 3 is 2.53 bits per heavy atom. The van der Waals surface area contributed by atoms with E-state index in [0.29, 0.717) is 6.54 Å². The fourth-order valence-electron chi connectivity index (χ4n) is 2.70. The van der Waals surface area contributed by atoms with E-state index in [4.69, 9.17) is 10.7 Å². The molecule has 3 heteroatoms. The average Bonchev–Trinajstić information content (AvgIpc) is 2.47. The number of benzene rings is 1. The van der Waals surface area contributed by atoms with Crippen molar-refractivity contribution in [2.45, 2.75) is 39.2 Å². The van der Waals surface area contributed by atoms with Crippen molar-refractivity contribution >= 4 is 0 Å². The highest BCUT2D eigenvalue weighted by molar-refractivity contribution is 5.56. The lowest BCUT2D eigenvalue weighted by Gasteiger charge is -2.17. The number of aromatic nitrogens is 2. The Hall–Kier alpha value is -1.74. The normalized spacial score (nSPS) is 14.2. The predicted molar refractivity (Wildman–Crippen MR) is 76.7 cm³/mol. The van der Waals surface area contributed by atoms with E-state index in [1.807, 2.05) is 12.1 Å². The maximum atomic E-state index is 5.62. The Labute approximate surface area is 113 Å². The van der Waals surface area contributed by atoms with Gasteiger partial charge < -0.3 is 5.73 Å². The Morgan fingerprint density at radius 1 is 1.05 bits per heavy atom. The number of nitrogens with zero attached hydrogens (tertiary/aromatic N) is 2. The Balaban J connectivity index is 2.02. The molecule has 19 heavy (non-hydrogen) atoms. The van der Waals surface area contributed by atoms with E-state index in [2.05, 4.69) is 24.0 Å². The van der Waals surface area contributed by atoms with Crippen molar-refractivity contribution in [2.24, 2.45) is 5.73 Å². The number of hydrogen-bond acceptors (Lipinski definition) is 3. The summed E-state index contributed by atoms with van der Waals surface area (Å²) in [5.74, 6) is 0.849. The smallest absolute Gasteiger partial charge is 0.159 e. The Bertz CT molecular complexity index is 588. The van der Waals surface area contributed by atoms with Crippen LogP contribution < -0.4 is 5.73 Å². The van der Waals surface area contributed by atoms with Crippen LogP contribution in [0, 0.1) is 6.92 Å². The van der Waals surface area contributed by atoms with Gasteiger partial charge >= 0.3 is 0 Å². The van der Waals surface area contributed by atoms with Crippen molar-refractivity contribution in [1.29, 1.82) is 0 Å². The molecule has 98 valence electrons. The topological polar surface area (TPSA) is 51.8 Å². The molecule has 1 aliphatic carbocycles. The molecule has 2 aromatic rings. The van der Waals surface area contributed by atoms with Crippen molar-refractivity contribution in [3.63, 3.8) is 0 Å². The zero-order chi connectivity index (χ0) is 13.2. The molecule has 0 saturated heterocycles. The lowest BCUT2D eigenvalue weighted by molar-refractivity contribution is 0.658. The standard InChI is InChI=1S/C16H19N3/c1-11-14-4-2-3-5-15(14)19-16(18-11)13-8-6-12(10-17)7-9-13/h6-9H,2-5,10,17H2,1H3. The lowest BCUT2D eigenvalue weighted by atomic mass is 9.95. The van der Waals surface area contributed by atoms with E-state index >= 15 is 0 Å². The molecule has 0 amide bonds. The molecule has 0 atom stereocenters. The fraction of sp³-hybridized carbons (Fsp3) is 0.375. The molecule has 0 saturated carbocycles. The highest BCUT2D eigenvalue weighted by Crippen LogP contribution is 2.25. The van der Waals surface area contributed by atoms with Gasteiger partial charge in [-0.3, -0.25) is 0 Å². The second-order valence-corrected chi connectivity index (χ2v) is 5.17. The van der Waals surface area contributed by atoms with Crippen LogP contribution in [0.2, 0.25) is 0 Å². The summed E-state index contributed by atoms with van der Waals surface area (Å²) in [5.41, 5.74) is 11.6. The van der Waals surface area contributed by atoms with Gasteiger partial charge in [-0.2, -0.15) is 0 Å². The van der Waals surface area contributed by atoms with Crippen LogP contribution in [0.5, 0.6) is 0 Å². The van der Waals surface area contributed by atoms with Gasteiger partial charge in [0.15, 0.2) is 5.82 Å². The number of aryl methyl sites for hydroxylation is 2. The lowest BCUT2D eigenvalue weighted by Crippen LogP contribution is -2.10. The van der Waals surface area contributed by atoms with Crippen LogP contribution >= 0.6 is 0 Å². The minimum absolute atomic E-state index is 0.574. The van der Waals surface area contributed by atoms with Crippen LogP contribution in [0.25, 0.3) is 11.4 Å². The first kappa shape index (κ1) is 12.3. The number of fused-ring (bicyclic) bond motifs is 1. The van der Waals surface area contributed by atoms with Gasteiger partial charge in [0.25, 0.3) is 0 Å². The summed E-state index contributed by atoms with van der Waals surface area (Å²) in [5, 5.41) is 0. The highest BCUT2D eigenvalue weighted by atomic mass is 14.9. The third kappa shape index (κ3) is 2.38. The summed E-state index contributed by atoms with van der Waals surface area (Å²) in [6.45, 7) is 2.67. The van der Waals surface area contributed by atoms with Crippen LogP contribution in [0.3, 0.4) is 0 Å². The summed E-state index contributed by atoms with van der Waals surface area (Å²) in [4.78, 5) is 9.43. The van der Waals surface area contributed by atoms with E-state index in [1.165, 1.54) is 24.1 Å². The van der Waals surface area contributed by atoms with Gasteiger partial charge in [-0.1, -0.05) is 24.3 Å². The summed E-state index contributed by atoms with van der Waals surface area (Å²) in [7, 11) is 0. The molecule has 1 heterocycles. The third-order valence-electron chi connectivity index (χ3n) is 3.84. The molecule has 0 radical (unpaired) electrons.